The zero-order valence-electron chi connectivity index (χ0n) is 15.9. The number of rotatable bonds is 7. The van der Waals surface area contributed by atoms with E-state index in [1.165, 1.54) is 0 Å². The number of nitriles is 1. The lowest BCUT2D eigenvalue weighted by molar-refractivity contribution is -0.118. The summed E-state index contributed by atoms with van der Waals surface area (Å²) in [5.74, 6) is 0.492. The van der Waals surface area contributed by atoms with Crippen molar-refractivity contribution in [2.75, 3.05) is 12.9 Å². The van der Waals surface area contributed by atoms with Crippen LogP contribution in [0.1, 0.15) is 11.1 Å². The molecule has 1 amide bonds. The van der Waals surface area contributed by atoms with E-state index in [1.54, 1.807) is 43.5 Å². The van der Waals surface area contributed by atoms with E-state index in [-0.39, 0.29) is 28.1 Å². The van der Waals surface area contributed by atoms with Crippen LogP contribution in [0, 0.1) is 11.3 Å². The van der Waals surface area contributed by atoms with Crippen molar-refractivity contribution < 1.29 is 9.53 Å². The van der Waals surface area contributed by atoms with Crippen LogP contribution in [0.3, 0.4) is 0 Å². The summed E-state index contributed by atoms with van der Waals surface area (Å²) < 4.78 is 5.13. The number of carbonyl (C=O) groups excluding carboxylic acids is 1. The topological polar surface area (TPSA) is 108 Å². The highest BCUT2D eigenvalue weighted by molar-refractivity contribution is 7.99. The van der Waals surface area contributed by atoms with Gasteiger partial charge >= 0.3 is 0 Å². The van der Waals surface area contributed by atoms with Gasteiger partial charge in [-0.1, -0.05) is 35.5 Å². The van der Waals surface area contributed by atoms with Gasteiger partial charge in [-0.25, -0.2) is 4.98 Å². The SMILES string of the molecule is COc1ccc(-c2nc(SCC(=O)NCc3ccc(Cl)cc3)[nH]c(=O)c2C#N)cc1. The standard InChI is InChI=1S/C21H17ClN4O3S/c1-29-16-8-4-14(5-9-16)19-17(10-23)20(28)26-21(25-19)30-12-18(27)24-11-13-2-6-15(22)7-3-13/h2-9H,11-12H2,1H3,(H,24,27)(H,25,26,28). The van der Waals surface area contributed by atoms with Gasteiger partial charge < -0.3 is 15.0 Å². The Balaban J connectivity index is 1.70. The van der Waals surface area contributed by atoms with Crippen LogP contribution in [0.5, 0.6) is 5.75 Å². The summed E-state index contributed by atoms with van der Waals surface area (Å²) in [7, 11) is 1.55. The summed E-state index contributed by atoms with van der Waals surface area (Å²) in [6.45, 7) is 0.366. The summed E-state index contributed by atoms with van der Waals surface area (Å²) in [5, 5.41) is 13.0. The molecule has 0 aliphatic carbocycles. The molecule has 0 saturated heterocycles. The van der Waals surface area contributed by atoms with E-state index < -0.39 is 5.56 Å². The van der Waals surface area contributed by atoms with E-state index in [0.717, 1.165) is 17.3 Å². The maximum Gasteiger partial charge on any atom is 0.270 e. The number of thioether (sulfide) groups is 1. The highest BCUT2D eigenvalue weighted by Crippen LogP contribution is 2.24. The molecule has 2 N–H and O–H groups in total. The van der Waals surface area contributed by atoms with Gasteiger partial charge in [-0.3, -0.25) is 9.59 Å². The molecule has 3 aromatic rings. The van der Waals surface area contributed by atoms with Crippen LogP contribution in [-0.4, -0.2) is 28.7 Å². The highest BCUT2D eigenvalue weighted by atomic mass is 35.5. The van der Waals surface area contributed by atoms with Crippen LogP contribution in [0.15, 0.2) is 58.5 Å². The van der Waals surface area contributed by atoms with Crippen molar-refractivity contribution in [2.45, 2.75) is 11.7 Å². The average Bonchev–Trinajstić information content (AvgIpc) is 2.77. The minimum Gasteiger partial charge on any atom is -0.497 e. The van der Waals surface area contributed by atoms with E-state index in [1.807, 2.05) is 18.2 Å². The van der Waals surface area contributed by atoms with Gasteiger partial charge in [-0.05, 0) is 42.0 Å². The molecule has 9 heteroatoms. The van der Waals surface area contributed by atoms with Crippen molar-refractivity contribution >= 4 is 29.3 Å². The fourth-order valence-electron chi connectivity index (χ4n) is 2.57. The molecule has 0 radical (unpaired) electrons. The summed E-state index contributed by atoms with van der Waals surface area (Å²) in [6.07, 6.45) is 0. The van der Waals surface area contributed by atoms with Gasteiger partial charge in [0.15, 0.2) is 5.16 Å². The second-order valence-electron chi connectivity index (χ2n) is 6.13. The molecule has 0 atom stereocenters. The molecule has 1 heterocycles. The largest absolute Gasteiger partial charge is 0.497 e. The number of amides is 1. The van der Waals surface area contributed by atoms with E-state index in [0.29, 0.717) is 22.9 Å². The summed E-state index contributed by atoms with van der Waals surface area (Å²) in [6, 6.07) is 15.9. The average molecular weight is 441 g/mol. The number of hydrogen-bond acceptors (Lipinski definition) is 6. The molecule has 7 nitrogen and oxygen atoms in total. The van der Waals surface area contributed by atoms with Crippen LogP contribution in [0.25, 0.3) is 11.3 Å². The van der Waals surface area contributed by atoms with Crippen LogP contribution >= 0.6 is 23.4 Å². The Hall–Kier alpha value is -3.28. The minimum absolute atomic E-state index is 0.0600. The van der Waals surface area contributed by atoms with Gasteiger partial charge in [0.05, 0.1) is 18.6 Å². The molecule has 0 aliphatic heterocycles. The highest BCUT2D eigenvalue weighted by Gasteiger charge is 2.14. The lowest BCUT2D eigenvalue weighted by Crippen LogP contribution is -2.25. The zero-order valence-corrected chi connectivity index (χ0v) is 17.5. The smallest absolute Gasteiger partial charge is 0.270 e. The summed E-state index contributed by atoms with van der Waals surface area (Å²) in [5.41, 5.74) is 1.14. The van der Waals surface area contributed by atoms with Gasteiger partial charge in [0, 0.05) is 17.1 Å². The summed E-state index contributed by atoms with van der Waals surface area (Å²) >= 11 is 6.93. The third-order valence-electron chi connectivity index (χ3n) is 4.12. The van der Waals surface area contributed by atoms with Crippen molar-refractivity contribution in [2.24, 2.45) is 0 Å². The van der Waals surface area contributed by atoms with Crippen molar-refractivity contribution in [3.63, 3.8) is 0 Å². The van der Waals surface area contributed by atoms with Crippen LogP contribution in [-0.2, 0) is 11.3 Å². The number of aromatic nitrogens is 2. The number of aromatic amines is 1. The maximum absolute atomic E-state index is 12.3. The number of nitrogens with zero attached hydrogens (tertiary/aromatic N) is 2. The fraction of sp³-hybridized carbons (Fsp3) is 0.143. The van der Waals surface area contributed by atoms with E-state index >= 15 is 0 Å². The second-order valence-corrected chi connectivity index (χ2v) is 7.53. The molecule has 0 unspecified atom stereocenters. The zero-order chi connectivity index (χ0) is 21.5. The molecule has 1 aromatic heterocycles. The third-order valence-corrected chi connectivity index (χ3v) is 5.24. The first-order valence-corrected chi connectivity index (χ1v) is 10.2. The number of carbonyl (C=O) groups is 1. The Kier molecular flexibility index (Phi) is 7.12. The first kappa shape index (κ1) is 21.4. The van der Waals surface area contributed by atoms with Crippen molar-refractivity contribution in [1.82, 2.24) is 15.3 Å². The number of benzene rings is 2. The normalized spacial score (nSPS) is 10.3. The Bertz CT molecular complexity index is 1140. The Morgan fingerprint density at radius 2 is 1.93 bits per heavy atom. The number of H-pyrrole nitrogens is 1. The quantitative estimate of drug-likeness (QED) is 0.430. The van der Waals surface area contributed by atoms with Crippen molar-refractivity contribution in [3.8, 4) is 23.1 Å². The summed E-state index contributed by atoms with van der Waals surface area (Å²) in [4.78, 5) is 31.4. The first-order valence-electron chi connectivity index (χ1n) is 8.83. The third kappa shape index (κ3) is 5.41. The molecule has 2 aromatic carbocycles. The number of ether oxygens (including phenoxy) is 1. The number of methoxy groups -OCH3 is 1. The van der Waals surface area contributed by atoms with Crippen molar-refractivity contribution in [3.05, 3.63) is 75.0 Å². The molecule has 30 heavy (non-hydrogen) atoms. The van der Waals surface area contributed by atoms with Gasteiger partial charge in [0.25, 0.3) is 5.56 Å². The number of nitrogens with one attached hydrogen (secondary N) is 2. The van der Waals surface area contributed by atoms with Gasteiger partial charge in [0.1, 0.15) is 17.4 Å². The number of hydrogen-bond donors (Lipinski definition) is 2. The van der Waals surface area contributed by atoms with Crippen molar-refractivity contribution in [1.29, 1.82) is 5.26 Å². The predicted molar refractivity (Wildman–Crippen MR) is 116 cm³/mol. The Morgan fingerprint density at radius 3 is 2.57 bits per heavy atom. The molecule has 152 valence electrons. The van der Waals surface area contributed by atoms with E-state index in [2.05, 4.69) is 15.3 Å². The maximum atomic E-state index is 12.3. The first-order chi connectivity index (χ1) is 14.5. The minimum atomic E-state index is -0.553. The lowest BCUT2D eigenvalue weighted by atomic mass is 10.1. The molecule has 0 fully saturated rings. The van der Waals surface area contributed by atoms with Crippen LogP contribution in [0.4, 0.5) is 0 Å². The van der Waals surface area contributed by atoms with Crippen LogP contribution in [0.2, 0.25) is 5.02 Å². The fourth-order valence-corrected chi connectivity index (χ4v) is 3.39. The second kappa shape index (κ2) is 9.96. The van der Waals surface area contributed by atoms with Gasteiger partial charge in [-0.2, -0.15) is 5.26 Å². The monoisotopic (exact) mass is 440 g/mol. The van der Waals surface area contributed by atoms with Crippen LogP contribution < -0.4 is 15.6 Å². The molecule has 0 aliphatic rings. The molecular formula is C21H17ClN4O3S. The molecule has 0 spiro atoms. The molecule has 3 rings (SSSR count). The number of halogens is 1. The van der Waals surface area contributed by atoms with E-state index in [9.17, 15) is 14.9 Å². The Labute approximate surface area is 182 Å². The predicted octanol–water partition coefficient (Wildman–Crippen LogP) is 3.38. The lowest BCUT2D eigenvalue weighted by Gasteiger charge is -2.08. The molecular weight excluding hydrogens is 424 g/mol. The van der Waals surface area contributed by atoms with E-state index in [4.69, 9.17) is 16.3 Å². The Morgan fingerprint density at radius 1 is 1.23 bits per heavy atom. The molecule has 0 bridgehead atoms. The van der Waals surface area contributed by atoms with Gasteiger partial charge in [0.2, 0.25) is 5.91 Å². The molecule has 0 saturated carbocycles. The van der Waals surface area contributed by atoms with Gasteiger partial charge in [-0.15, -0.1) is 0 Å².